The lowest BCUT2D eigenvalue weighted by Gasteiger charge is -2.26. The smallest absolute Gasteiger partial charge is 0.432 e. The molecule has 0 saturated carbocycles. The van der Waals surface area contributed by atoms with Gasteiger partial charge in [-0.05, 0) is 0 Å². The average Bonchev–Trinajstić information content (AvgIpc) is 2.27. The molecule has 0 heterocycles. The number of ether oxygens (including phenoxy) is 5. The molecule has 1 unspecified atom stereocenters. The topological polar surface area (TPSA) is 100 Å². The summed E-state index contributed by atoms with van der Waals surface area (Å²) in [5.74, 6) is -2.18. The highest BCUT2D eigenvalue weighted by molar-refractivity contribution is 5.61. The molecule has 0 aliphatic heterocycles. The fourth-order valence-corrected chi connectivity index (χ4v) is 0.793. The minimum absolute atomic E-state index is 0.0563. The predicted octanol–water partition coefficient (Wildman–Crippen LogP) is 1.39. The van der Waals surface area contributed by atoms with Gasteiger partial charge in [-0.1, -0.05) is 6.92 Å². The van der Waals surface area contributed by atoms with Gasteiger partial charge < -0.3 is 23.7 Å². The summed E-state index contributed by atoms with van der Waals surface area (Å²) in [5.41, 5.74) is 0. The SMILES string of the molecule is [CH2]OCCOC(=O)OC(CC)(O[CH2])OC([O])=O. The van der Waals surface area contributed by atoms with Crippen molar-refractivity contribution in [2.45, 2.75) is 19.3 Å². The van der Waals surface area contributed by atoms with Gasteiger partial charge in [-0.3, -0.25) is 0 Å². The Labute approximate surface area is 98.3 Å². The highest BCUT2D eigenvalue weighted by atomic mass is 16.9. The van der Waals surface area contributed by atoms with Gasteiger partial charge in [-0.2, -0.15) is 9.90 Å². The lowest BCUT2D eigenvalue weighted by atomic mass is 10.4. The average molecular weight is 249 g/mol. The molecule has 0 amide bonds. The van der Waals surface area contributed by atoms with E-state index in [0.717, 1.165) is 0 Å². The lowest BCUT2D eigenvalue weighted by molar-refractivity contribution is -0.321. The van der Waals surface area contributed by atoms with Crippen molar-refractivity contribution in [3.8, 4) is 0 Å². The molecule has 0 bridgehead atoms. The molecule has 1 atom stereocenters. The maximum Gasteiger partial charge on any atom is 0.555 e. The minimum atomic E-state index is -2.18. The molecule has 0 saturated heterocycles. The molecule has 0 rings (SSSR count). The Balaban J connectivity index is 4.32. The Morgan fingerprint density at radius 3 is 2.24 bits per heavy atom. The van der Waals surface area contributed by atoms with E-state index in [4.69, 9.17) is 0 Å². The van der Waals surface area contributed by atoms with Crippen LogP contribution in [0.1, 0.15) is 13.3 Å². The summed E-state index contributed by atoms with van der Waals surface area (Å²) in [6.45, 7) is 1.38. The van der Waals surface area contributed by atoms with E-state index in [2.05, 4.69) is 37.9 Å². The van der Waals surface area contributed by atoms with Crippen LogP contribution >= 0.6 is 0 Å². The first-order valence-electron chi connectivity index (χ1n) is 4.55. The second kappa shape index (κ2) is 7.69. The van der Waals surface area contributed by atoms with E-state index in [0.29, 0.717) is 0 Å². The van der Waals surface area contributed by atoms with Crippen molar-refractivity contribution >= 4 is 12.3 Å². The van der Waals surface area contributed by atoms with Crippen LogP contribution in [0.15, 0.2) is 0 Å². The normalized spacial score (nSPS) is 13.6. The third-order valence-electron chi connectivity index (χ3n) is 1.58. The first-order valence-corrected chi connectivity index (χ1v) is 4.55. The molecule has 0 N–H and O–H groups in total. The monoisotopic (exact) mass is 249 g/mol. The molecule has 8 heteroatoms. The maximum atomic E-state index is 11.1. The molecule has 0 aromatic carbocycles. The van der Waals surface area contributed by atoms with Crippen molar-refractivity contribution < 1.29 is 38.4 Å². The summed E-state index contributed by atoms with van der Waals surface area (Å²) in [4.78, 5) is 21.4. The zero-order chi connectivity index (χ0) is 13.3. The highest BCUT2D eigenvalue weighted by Gasteiger charge is 2.39. The summed E-state index contributed by atoms with van der Waals surface area (Å²) >= 11 is 0. The molecule has 17 heavy (non-hydrogen) atoms. The van der Waals surface area contributed by atoms with Crippen molar-refractivity contribution in [1.82, 2.24) is 0 Å². The van der Waals surface area contributed by atoms with Crippen LogP contribution < -0.4 is 0 Å². The summed E-state index contributed by atoms with van der Waals surface area (Å²) in [5, 5.41) is 10.3. The number of carbonyl (C=O) groups excluding carboxylic acids is 2. The van der Waals surface area contributed by atoms with Crippen molar-refractivity contribution in [1.29, 1.82) is 0 Å². The van der Waals surface area contributed by atoms with Gasteiger partial charge in [0, 0.05) is 0 Å². The van der Waals surface area contributed by atoms with Gasteiger partial charge in [0.1, 0.15) is 6.61 Å². The molecule has 0 spiro atoms. The van der Waals surface area contributed by atoms with Gasteiger partial charge in [0.25, 0.3) is 0 Å². The number of hydrogen-bond acceptors (Lipinski definition) is 7. The van der Waals surface area contributed by atoms with Crippen LogP contribution in [0.3, 0.4) is 0 Å². The van der Waals surface area contributed by atoms with Crippen LogP contribution in [0.4, 0.5) is 9.59 Å². The second-order valence-corrected chi connectivity index (χ2v) is 2.64. The van der Waals surface area contributed by atoms with E-state index in [9.17, 15) is 14.7 Å². The van der Waals surface area contributed by atoms with Crippen LogP contribution in [0.25, 0.3) is 0 Å². The first-order chi connectivity index (χ1) is 7.99. The number of hydrogen-bond donors (Lipinski definition) is 0. The quantitative estimate of drug-likeness (QED) is 0.381. The zero-order valence-corrected chi connectivity index (χ0v) is 9.30. The lowest BCUT2D eigenvalue weighted by Crippen LogP contribution is -2.40. The fourth-order valence-electron chi connectivity index (χ4n) is 0.793. The number of carbonyl (C=O) groups is 2. The molecule has 0 aliphatic carbocycles. The Morgan fingerprint density at radius 2 is 1.82 bits per heavy atom. The van der Waals surface area contributed by atoms with Crippen LogP contribution in [-0.2, 0) is 28.8 Å². The van der Waals surface area contributed by atoms with E-state index < -0.39 is 18.3 Å². The van der Waals surface area contributed by atoms with Crippen molar-refractivity contribution in [2.75, 3.05) is 13.2 Å². The molecule has 3 radical (unpaired) electrons. The van der Waals surface area contributed by atoms with Gasteiger partial charge in [0.2, 0.25) is 0 Å². The molecule has 0 aromatic heterocycles. The van der Waals surface area contributed by atoms with Gasteiger partial charge in [0.15, 0.2) is 0 Å². The summed E-state index contributed by atoms with van der Waals surface area (Å²) < 4.78 is 22.0. The molecule has 0 aliphatic rings. The van der Waals surface area contributed by atoms with Crippen molar-refractivity contribution in [3.05, 3.63) is 14.2 Å². The fraction of sp³-hybridized carbons (Fsp3) is 0.556. The molecular weight excluding hydrogens is 236 g/mol. The van der Waals surface area contributed by atoms with Crippen LogP contribution in [0, 0.1) is 14.2 Å². The third-order valence-corrected chi connectivity index (χ3v) is 1.58. The second-order valence-electron chi connectivity index (χ2n) is 2.64. The largest absolute Gasteiger partial charge is 0.555 e. The van der Waals surface area contributed by atoms with Gasteiger partial charge >= 0.3 is 18.3 Å². The van der Waals surface area contributed by atoms with E-state index in [-0.39, 0.29) is 19.6 Å². The Kier molecular flexibility index (Phi) is 6.99. The summed E-state index contributed by atoms with van der Waals surface area (Å²) in [6, 6.07) is 0. The van der Waals surface area contributed by atoms with Gasteiger partial charge in [-0.25, -0.2) is 4.79 Å². The van der Waals surface area contributed by atoms with Crippen molar-refractivity contribution in [3.63, 3.8) is 0 Å². The zero-order valence-electron chi connectivity index (χ0n) is 9.30. The van der Waals surface area contributed by atoms with Crippen LogP contribution in [0.5, 0.6) is 0 Å². The minimum Gasteiger partial charge on any atom is -0.432 e. The van der Waals surface area contributed by atoms with Gasteiger partial charge in [-0.15, -0.1) is 0 Å². The highest BCUT2D eigenvalue weighted by Crippen LogP contribution is 2.20. The molecule has 0 aromatic rings. The van der Waals surface area contributed by atoms with E-state index in [1.165, 1.54) is 6.92 Å². The van der Waals surface area contributed by atoms with Crippen LogP contribution in [-0.4, -0.2) is 31.5 Å². The van der Waals surface area contributed by atoms with E-state index in [1.54, 1.807) is 0 Å². The number of rotatable bonds is 7. The molecule has 0 fully saturated rings. The predicted molar refractivity (Wildman–Crippen MR) is 50.4 cm³/mol. The summed E-state index contributed by atoms with van der Waals surface area (Å²) in [7, 11) is 6.00. The molecular formula is C9H13O8. The summed E-state index contributed by atoms with van der Waals surface area (Å²) in [6.07, 6.45) is -3.26. The Morgan fingerprint density at radius 1 is 1.18 bits per heavy atom. The van der Waals surface area contributed by atoms with Crippen molar-refractivity contribution in [2.24, 2.45) is 0 Å². The standard InChI is InChI=1S/C9H13O8/c1-4-9(14-3,16-7(10)11)17-8(12)15-6-5-13-2/h2-6H2,1H3. The first kappa shape index (κ1) is 15.5. The van der Waals surface area contributed by atoms with E-state index >= 15 is 0 Å². The van der Waals surface area contributed by atoms with E-state index in [1.807, 2.05) is 0 Å². The Hall–Kier alpha value is -1.54. The van der Waals surface area contributed by atoms with Crippen LogP contribution in [0.2, 0.25) is 0 Å². The Bertz CT molecular complexity index is 247. The third kappa shape index (κ3) is 5.93. The maximum absolute atomic E-state index is 11.1. The molecule has 8 nitrogen and oxygen atoms in total. The van der Waals surface area contributed by atoms with Gasteiger partial charge in [0.05, 0.1) is 27.2 Å². The molecule has 97 valence electrons.